The number of thioether (sulfide) groups is 1. The molecule has 2 aromatic heterocycles. The standard InChI is InChI=1S/C13H21N5OS/c1-2-14-11-10-18-6-4-16-13(18)12(17-11)15-5-9-20-8-3-7-19/h4,6,10,14,19H,2-3,5,7-9H2,1H3,(H,15,17). The Morgan fingerprint density at radius 2 is 2.25 bits per heavy atom. The Morgan fingerprint density at radius 1 is 1.35 bits per heavy atom. The molecule has 2 aromatic rings. The van der Waals surface area contributed by atoms with Crippen molar-refractivity contribution in [2.24, 2.45) is 0 Å². The van der Waals surface area contributed by atoms with Crippen molar-refractivity contribution in [1.82, 2.24) is 14.4 Å². The topological polar surface area (TPSA) is 74.5 Å². The van der Waals surface area contributed by atoms with Gasteiger partial charge in [-0.05, 0) is 19.1 Å². The average Bonchev–Trinajstić information content (AvgIpc) is 2.91. The zero-order chi connectivity index (χ0) is 14.2. The van der Waals surface area contributed by atoms with Crippen LogP contribution in [0.4, 0.5) is 11.6 Å². The van der Waals surface area contributed by atoms with E-state index in [-0.39, 0.29) is 6.61 Å². The van der Waals surface area contributed by atoms with Crippen LogP contribution >= 0.6 is 11.8 Å². The molecular weight excluding hydrogens is 274 g/mol. The van der Waals surface area contributed by atoms with Gasteiger partial charge in [0.1, 0.15) is 5.82 Å². The molecule has 0 atom stereocenters. The molecule has 110 valence electrons. The first-order valence-electron chi connectivity index (χ1n) is 6.85. The van der Waals surface area contributed by atoms with E-state index in [1.54, 1.807) is 6.20 Å². The lowest BCUT2D eigenvalue weighted by atomic mass is 10.5. The van der Waals surface area contributed by atoms with E-state index in [1.165, 1.54) is 0 Å². The third kappa shape index (κ3) is 4.01. The monoisotopic (exact) mass is 295 g/mol. The van der Waals surface area contributed by atoms with Crippen LogP contribution in [0, 0.1) is 0 Å². The smallest absolute Gasteiger partial charge is 0.180 e. The molecule has 20 heavy (non-hydrogen) atoms. The van der Waals surface area contributed by atoms with Crippen LogP contribution in [0.1, 0.15) is 13.3 Å². The van der Waals surface area contributed by atoms with E-state index in [4.69, 9.17) is 5.11 Å². The molecule has 3 N–H and O–H groups in total. The Balaban J connectivity index is 1.95. The van der Waals surface area contributed by atoms with Crippen molar-refractivity contribution < 1.29 is 5.11 Å². The molecule has 0 aliphatic rings. The fourth-order valence-corrected chi connectivity index (χ4v) is 2.61. The Morgan fingerprint density at radius 3 is 3.05 bits per heavy atom. The van der Waals surface area contributed by atoms with Crippen LogP contribution in [0.25, 0.3) is 5.65 Å². The highest BCUT2D eigenvalue weighted by atomic mass is 32.2. The third-order valence-corrected chi connectivity index (χ3v) is 3.79. The molecule has 7 heteroatoms. The molecule has 0 saturated heterocycles. The SMILES string of the molecule is CCNc1cn2ccnc2c(NCCSCCCO)n1. The minimum absolute atomic E-state index is 0.265. The van der Waals surface area contributed by atoms with Gasteiger partial charge in [0, 0.05) is 37.8 Å². The van der Waals surface area contributed by atoms with Crippen LogP contribution in [-0.4, -0.2) is 50.7 Å². The number of rotatable bonds is 9. The molecule has 0 saturated carbocycles. The van der Waals surface area contributed by atoms with Crippen LogP contribution in [0.3, 0.4) is 0 Å². The first-order valence-corrected chi connectivity index (χ1v) is 8.00. The summed E-state index contributed by atoms with van der Waals surface area (Å²) in [6, 6.07) is 0. The van der Waals surface area contributed by atoms with Gasteiger partial charge in [0.25, 0.3) is 0 Å². The number of anilines is 2. The van der Waals surface area contributed by atoms with Gasteiger partial charge in [-0.1, -0.05) is 0 Å². The lowest BCUT2D eigenvalue weighted by Gasteiger charge is -2.10. The largest absolute Gasteiger partial charge is 0.396 e. The fourth-order valence-electron chi connectivity index (χ4n) is 1.83. The summed E-state index contributed by atoms with van der Waals surface area (Å²) in [5.74, 6) is 3.62. The number of hydrogen-bond acceptors (Lipinski definition) is 6. The van der Waals surface area contributed by atoms with Gasteiger partial charge in [-0.15, -0.1) is 0 Å². The van der Waals surface area contributed by atoms with E-state index in [2.05, 4.69) is 20.6 Å². The summed E-state index contributed by atoms with van der Waals surface area (Å²) in [5, 5.41) is 15.3. The minimum Gasteiger partial charge on any atom is -0.396 e. The predicted octanol–water partition coefficient (Wildman–Crippen LogP) is 1.69. The number of aliphatic hydroxyl groups is 1. The molecule has 0 aromatic carbocycles. The van der Waals surface area contributed by atoms with E-state index in [0.717, 1.165) is 48.3 Å². The van der Waals surface area contributed by atoms with Gasteiger partial charge in [0.2, 0.25) is 0 Å². The molecule has 0 aliphatic carbocycles. The molecule has 0 aliphatic heterocycles. The van der Waals surface area contributed by atoms with E-state index >= 15 is 0 Å². The van der Waals surface area contributed by atoms with E-state index in [9.17, 15) is 0 Å². The summed E-state index contributed by atoms with van der Waals surface area (Å²) in [6.45, 7) is 3.98. The van der Waals surface area contributed by atoms with Gasteiger partial charge in [0.15, 0.2) is 11.5 Å². The second kappa shape index (κ2) is 7.96. The van der Waals surface area contributed by atoms with Gasteiger partial charge in [0.05, 0.1) is 6.20 Å². The molecule has 2 heterocycles. The number of aliphatic hydroxyl groups excluding tert-OH is 1. The molecule has 0 amide bonds. The zero-order valence-corrected chi connectivity index (χ0v) is 12.5. The van der Waals surface area contributed by atoms with Crippen LogP contribution < -0.4 is 10.6 Å². The predicted molar refractivity (Wildman–Crippen MR) is 84.7 cm³/mol. The van der Waals surface area contributed by atoms with E-state index in [1.807, 2.05) is 35.5 Å². The summed E-state index contributed by atoms with van der Waals surface area (Å²) in [4.78, 5) is 8.86. The van der Waals surface area contributed by atoms with Crippen molar-refractivity contribution in [2.75, 3.05) is 41.8 Å². The molecule has 0 radical (unpaired) electrons. The zero-order valence-electron chi connectivity index (χ0n) is 11.7. The average molecular weight is 295 g/mol. The Labute approximate surface area is 123 Å². The number of aromatic nitrogens is 3. The second-order valence-electron chi connectivity index (χ2n) is 4.28. The normalized spacial score (nSPS) is 10.9. The number of imidazole rings is 1. The lowest BCUT2D eigenvalue weighted by molar-refractivity contribution is 0.296. The van der Waals surface area contributed by atoms with Crippen LogP contribution in [-0.2, 0) is 0 Å². The first-order chi connectivity index (χ1) is 9.85. The number of nitrogens with zero attached hydrogens (tertiary/aromatic N) is 3. The molecule has 0 spiro atoms. The molecule has 6 nitrogen and oxygen atoms in total. The summed E-state index contributed by atoms with van der Waals surface area (Å²) in [6.07, 6.45) is 6.48. The molecule has 0 unspecified atom stereocenters. The first kappa shape index (κ1) is 14.9. The Hall–Kier alpha value is -1.47. The van der Waals surface area contributed by atoms with Gasteiger partial charge in [-0.2, -0.15) is 11.8 Å². The van der Waals surface area contributed by atoms with Gasteiger partial charge in [-0.25, -0.2) is 9.97 Å². The van der Waals surface area contributed by atoms with E-state index < -0.39 is 0 Å². The number of fused-ring (bicyclic) bond motifs is 1. The van der Waals surface area contributed by atoms with Crippen molar-refractivity contribution in [2.45, 2.75) is 13.3 Å². The van der Waals surface area contributed by atoms with Crippen molar-refractivity contribution in [1.29, 1.82) is 0 Å². The van der Waals surface area contributed by atoms with Gasteiger partial charge >= 0.3 is 0 Å². The molecule has 0 bridgehead atoms. The summed E-state index contributed by atoms with van der Waals surface area (Å²) >= 11 is 1.83. The highest BCUT2D eigenvalue weighted by Gasteiger charge is 2.06. The van der Waals surface area contributed by atoms with Crippen molar-refractivity contribution in [3.05, 3.63) is 18.6 Å². The number of hydrogen-bond donors (Lipinski definition) is 3. The highest BCUT2D eigenvalue weighted by Crippen LogP contribution is 2.16. The molecule has 0 fully saturated rings. The maximum Gasteiger partial charge on any atom is 0.180 e. The maximum absolute atomic E-state index is 8.72. The lowest BCUT2D eigenvalue weighted by Crippen LogP contribution is -2.10. The Kier molecular flexibility index (Phi) is 5.94. The van der Waals surface area contributed by atoms with Gasteiger partial charge < -0.3 is 20.1 Å². The molecular formula is C13H21N5OS. The molecule has 2 rings (SSSR count). The fraction of sp³-hybridized carbons (Fsp3) is 0.538. The van der Waals surface area contributed by atoms with Crippen LogP contribution in [0.15, 0.2) is 18.6 Å². The summed E-state index contributed by atoms with van der Waals surface area (Å²) < 4.78 is 1.96. The minimum atomic E-state index is 0.265. The quantitative estimate of drug-likeness (QED) is 0.611. The Bertz CT molecular complexity index is 530. The summed E-state index contributed by atoms with van der Waals surface area (Å²) in [7, 11) is 0. The van der Waals surface area contributed by atoms with Gasteiger partial charge in [-0.3, -0.25) is 0 Å². The van der Waals surface area contributed by atoms with Crippen molar-refractivity contribution >= 4 is 29.0 Å². The highest BCUT2D eigenvalue weighted by molar-refractivity contribution is 7.99. The van der Waals surface area contributed by atoms with Crippen molar-refractivity contribution in [3.63, 3.8) is 0 Å². The third-order valence-electron chi connectivity index (χ3n) is 2.72. The summed E-state index contributed by atoms with van der Waals surface area (Å²) in [5.41, 5.74) is 0.840. The second-order valence-corrected chi connectivity index (χ2v) is 5.50. The maximum atomic E-state index is 8.72. The van der Waals surface area contributed by atoms with Crippen LogP contribution in [0.5, 0.6) is 0 Å². The number of nitrogens with one attached hydrogen (secondary N) is 2. The van der Waals surface area contributed by atoms with Crippen LogP contribution in [0.2, 0.25) is 0 Å². The van der Waals surface area contributed by atoms with E-state index in [0.29, 0.717) is 0 Å². The van der Waals surface area contributed by atoms with Crippen molar-refractivity contribution in [3.8, 4) is 0 Å².